The number of sulfonamides is 1. The van der Waals surface area contributed by atoms with E-state index in [1.165, 1.54) is 25.4 Å². The van der Waals surface area contributed by atoms with E-state index in [1.807, 2.05) is 0 Å². The van der Waals surface area contributed by atoms with Gasteiger partial charge >= 0.3 is 0 Å². The van der Waals surface area contributed by atoms with Crippen LogP contribution >= 0.6 is 0 Å². The predicted octanol–water partition coefficient (Wildman–Crippen LogP) is 2.02. The van der Waals surface area contributed by atoms with Crippen molar-refractivity contribution >= 4 is 32.8 Å². The van der Waals surface area contributed by atoms with Gasteiger partial charge in [0.15, 0.2) is 5.88 Å². The van der Waals surface area contributed by atoms with Crippen molar-refractivity contribution in [3.8, 4) is 5.88 Å². The largest absolute Gasteiger partial charge is 0.494 e. The number of hydrogen-bond donors (Lipinski definition) is 4. The minimum Gasteiger partial charge on any atom is -0.494 e. The predicted molar refractivity (Wildman–Crippen MR) is 95.8 cm³/mol. The molecule has 3 aromatic rings. The van der Waals surface area contributed by atoms with Crippen LogP contribution in [0.1, 0.15) is 11.1 Å². The first kappa shape index (κ1) is 17.2. The van der Waals surface area contributed by atoms with E-state index in [0.29, 0.717) is 27.7 Å². The number of rotatable bonds is 5. The van der Waals surface area contributed by atoms with Crippen LogP contribution in [-0.4, -0.2) is 36.9 Å². The van der Waals surface area contributed by atoms with Crippen LogP contribution in [0.4, 0.5) is 5.69 Å². The number of fused-ring (bicyclic) bond motifs is 1. The Kier molecular flexibility index (Phi) is 4.58. The molecule has 0 fully saturated rings. The number of H-pyrrole nitrogens is 1. The molecular weight excluding hydrogens is 342 g/mol. The van der Waals surface area contributed by atoms with Gasteiger partial charge in [0.1, 0.15) is 0 Å². The normalized spacial score (nSPS) is 12.2. The molecule has 0 aliphatic heterocycles. The molecule has 4 N–H and O–H groups in total. The van der Waals surface area contributed by atoms with E-state index in [9.17, 15) is 18.6 Å². The summed E-state index contributed by atoms with van der Waals surface area (Å²) in [6.45, 7) is -0.161. The second-order valence-electron chi connectivity index (χ2n) is 5.34. The number of benzene rings is 2. The second-order valence-corrected chi connectivity index (χ2v) is 7.23. The van der Waals surface area contributed by atoms with Gasteiger partial charge in [-0.1, -0.05) is 12.1 Å². The SMILES string of the molecule is CNS(=O)(=O)c1ccc(N=Cc2c(O)[nH]c3cccc(CO)c23)cc1. The minimum atomic E-state index is -3.49. The third-order valence-electron chi connectivity index (χ3n) is 3.86. The van der Waals surface area contributed by atoms with Crippen molar-refractivity contribution in [2.75, 3.05) is 7.05 Å². The summed E-state index contributed by atoms with van der Waals surface area (Å²) in [4.78, 5) is 7.27. The summed E-state index contributed by atoms with van der Waals surface area (Å²) >= 11 is 0. The summed E-state index contributed by atoms with van der Waals surface area (Å²) in [5, 5.41) is 20.3. The van der Waals surface area contributed by atoms with Gasteiger partial charge in [0.25, 0.3) is 0 Å². The molecule has 1 heterocycles. The van der Waals surface area contributed by atoms with Gasteiger partial charge in [-0.2, -0.15) is 0 Å². The molecule has 0 saturated heterocycles. The molecule has 1 aromatic heterocycles. The van der Waals surface area contributed by atoms with Crippen LogP contribution < -0.4 is 4.72 Å². The summed E-state index contributed by atoms with van der Waals surface area (Å²) < 4.78 is 25.7. The van der Waals surface area contributed by atoms with Crippen LogP contribution in [0.5, 0.6) is 5.88 Å². The number of aliphatic hydroxyl groups is 1. The number of nitrogens with one attached hydrogen (secondary N) is 2. The maximum Gasteiger partial charge on any atom is 0.240 e. The van der Waals surface area contributed by atoms with E-state index >= 15 is 0 Å². The molecule has 0 amide bonds. The number of aliphatic hydroxyl groups excluding tert-OH is 1. The molecule has 130 valence electrons. The summed E-state index contributed by atoms with van der Waals surface area (Å²) in [5.41, 5.74) is 2.36. The molecule has 0 bridgehead atoms. The molecule has 0 saturated carbocycles. The number of nitrogens with zero attached hydrogens (tertiary/aromatic N) is 1. The Morgan fingerprint density at radius 3 is 2.56 bits per heavy atom. The quantitative estimate of drug-likeness (QED) is 0.522. The second kappa shape index (κ2) is 6.67. The third kappa shape index (κ3) is 3.27. The molecular formula is C17H17N3O4S. The first-order valence-corrected chi connectivity index (χ1v) is 8.95. The molecule has 0 aliphatic rings. The van der Waals surface area contributed by atoms with E-state index in [4.69, 9.17) is 0 Å². The topological polar surface area (TPSA) is 115 Å². The van der Waals surface area contributed by atoms with Crippen LogP contribution in [0.25, 0.3) is 10.9 Å². The molecule has 0 aliphatic carbocycles. The van der Waals surface area contributed by atoms with Crippen LogP contribution in [0.3, 0.4) is 0 Å². The average molecular weight is 359 g/mol. The van der Waals surface area contributed by atoms with E-state index < -0.39 is 10.0 Å². The van der Waals surface area contributed by atoms with E-state index in [2.05, 4.69) is 14.7 Å². The lowest BCUT2D eigenvalue weighted by Crippen LogP contribution is -2.18. The molecule has 0 unspecified atom stereocenters. The van der Waals surface area contributed by atoms with Gasteiger partial charge in [-0.15, -0.1) is 0 Å². The molecule has 25 heavy (non-hydrogen) atoms. The van der Waals surface area contributed by atoms with Crippen molar-refractivity contribution in [2.24, 2.45) is 4.99 Å². The van der Waals surface area contributed by atoms with E-state index in [1.54, 1.807) is 30.3 Å². The van der Waals surface area contributed by atoms with Crippen LogP contribution in [-0.2, 0) is 16.6 Å². The highest BCUT2D eigenvalue weighted by Crippen LogP contribution is 2.29. The molecule has 7 nitrogen and oxygen atoms in total. The van der Waals surface area contributed by atoms with Gasteiger partial charge in [-0.25, -0.2) is 13.1 Å². The summed E-state index contributed by atoms with van der Waals surface area (Å²) in [7, 11) is -2.15. The highest BCUT2D eigenvalue weighted by molar-refractivity contribution is 7.89. The van der Waals surface area contributed by atoms with Gasteiger partial charge in [0, 0.05) is 17.1 Å². The lowest BCUT2D eigenvalue weighted by atomic mass is 10.1. The Balaban J connectivity index is 1.98. The number of aromatic amines is 1. The van der Waals surface area contributed by atoms with Crippen molar-refractivity contribution in [3.63, 3.8) is 0 Å². The Hall–Kier alpha value is -2.68. The summed E-state index contributed by atoms with van der Waals surface area (Å²) in [6.07, 6.45) is 1.48. The van der Waals surface area contributed by atoms with E-state index in [0.717, 1.165) is 0 Å². The van der Waals surface area contributed by atoms with Crippen molar-refractivity contribution in [1.29, 1.82) is 0 Å². The van der Waals surface area contributed by atoms with Crippen LogP contribution in [0.15, 0.2) is 52.4 Å². The Morgan fingerprint density at radius 1 is 1.20 bits per heavy atom. The number of hydrogen-bond acceptors (Lipinski definition) is 5. The van der Waals surface area contributed by atoms with Crippen molar-refractivity contribution < 1.29 is 18.6 Å². The molecule has 0 radical (unpaired) electrons. The van der Waals surface area contributed by atoms with Crippen molar-refractivity contribution in [3.05, 3.63) is 53.6 Å². The fourth-order valence-corrected chi connectivity index (χ4v) is 3.29. The summed E-state index contributed by atoms with van der Waals surface area (Å²) in [5.74, 6) is -0.0472. The van der Waals surface area contributed by atoms with Gasteiger partial charge in [0.2, 0.25) is 10.0 Å². The maximum absolute atomic E-state index is 11.7. The van der Waals surface area contributed by atoms with Crippen molar-refractivity contribution in [1.82, 2.24) is 9.71 Å². The van der Waals surface area contributed by atoms with Crippen LogP contribution in [0.2, 0.25) is 0 Å². The smallest absolute Gasteiger partial charge is 0.240 e. The monoisotopic (exact) mass is 359 g/mol. The maximum atomic E-state index is 11.7. The zero-order valence-corrected chi connectivity index (χ0v) is 14.2. The first-order chi connectivity index (χ1) is 12.0. The molecule has 2 aromatic carbocycles. The van der Waals surface area contributed by atoms with E-state index in [-0.39, 0.29) is 17.4 Å². The van der Waals surface area contributed by atoms with Crippen molar-refractivity contribution in [2.45, 2.75) is 11.5 Å². The van der Waals surface area contributed by atoms with Gasteiger partial charge < -0.3 is 15.2 Å². The Labute approximate surface area is 144 Å². The van der Waals surface area contributed by atoms with Crippen LogP contribution in [0, 0.1) is 0 Å². The molecule has 0 atom stereocenters. The zero-order chi connectivity index (χ0) is 18.0. The number of aromatic nitrogens is 1. The lowest BCUT2D eigenvalue weighted by Gasteiger charge is -2.02. The average Bonchev–Trinajstić information content (AvgIpc) is 2.95. The molecule has 0 spiro atoms. The molecule has 3 rings (SSSR count). The van der Waals surface area contributed by atoms with Gasteiger partial charge in [-0.3, -0.25) is 4.99 Å². The Bertz CT molecular complexity index is 1040. The lowest BCUT2D eigenvalue weighted by molar-refractivity contribution is 0.283. The van der Waals surface area contributed by atoms with Gasteiger partial charge in [0.05, 0.1) is 22.8 Å². The zero-order valence-electron chi connectivity index (χ0n) is 13.4. The fourth-order valence-electron chi connectivity index (χ4n) is 2.56. The Morgan fingerprint density at radius 2 is 1.92 bits per heavy atom. The highest BCUT2D eigenvalue weighted by atomic mass is 32.2. The standard InChI is InChI=1S/C17H17N3O4S/c1-18-25(23,24)13-7-5-12(6-8-13)19-9-14-16-11(10-21)3-2-4-15(16)20-17(14)22/h2-9,18,20-22H,10H2,1H3. The third-order valence-corrected chi connectivity index (χ3v) is 5.29. The number of aliphatic imine (C=N–C) groups is 1. The highest BCUT2D eigenvalue weighted by Gasteiger charge is 2.13. The minimum absolute atomic E-state index is 0.0472. The number of aromatic hydroxyl groups is 1. The van der Waals surface area contributed by atoms with Gasteiger partial charge in [-0.05, 0) is 42.9 Å². The molecule has 8 heteroatoms. The summed E-state index contributed by atoms with van der Waals surface area (Å²) in [6, 6.07) is 11.4. The first-order valence-electron chi connectivity index (χ1n) is 7.47. The fraction of sp³-hybridized carbons (Fsp3) is 0.118.